The van der Waals surface area contributed by atoms with Crippen LogP contribution in [0.15, 0.2) is 36.4 Å². The zero-order chi connectivity index (χ0) is 11.3. The van der Waals surface area contributed by atoms with Crippen molar-refractivity contribution < 1.29 is 9.53 Å². The number of carbonyl (C=O) groups excluding carboxylic acids is 1. The normalized spacial score (nSPS) is 9.73. The summed E-state index contributed by atoms with van der Waals surface area (Å²) in [6.45, 7) is 5.98. The number of hydrogen-bond acceptors (Lipinski definition) is 2. The summed E-state index contributed by atoms with van der Waals surface area (Å²) < 4.78 is 5.04. The van der Waals surface area contributed by atoms with Crippen LogP contribution in [0.5, 0.6) is 0 Å². The minimum absolute atomic E-state index is 0.348. The molecule has 0 aliphatic rings. The predicted molar refractivity (Wildman–Crippen MR) is 61.2 cm³/mol. The van der Waals surface area contributed by atoms with Gasteiger partial charge >= 0.3 is 5.97 Å². The molecule has 1 aromatic rings. The van der Waals surface area contributed by atoms with E-state index in [0.717, 1.165) is 5.57 Å². The highest BCUT2D eigenvalue weighted by atomic mass is 35.5. The Bertz CT molecular complexity index is 372. The van der Waals surface area contributed by atoms with Crippen LogP contribution in [0.1, 0.15) is 23.7 Å². The van der Waals surface area contributed by atoms with Crippen molar-refractivity contribution in [2.24, 2.45) is 0 Å². The van der Waals surface area contributed by atoms with Crippen LogP contribution in [-0.2, 0) is 4.74 Å². The average Bonchev–Trinajstić information content (AvgIpc) is 2.17. The molecule has 1 rings (SSSR count). The molecule has 0 N–H and O–H groups in total. The van der Waals surface area contributed by atoms with Gasteiger partial charge in [-0.25, -0.2) is 4.79 Å². The van der Waals surface area contributed by atoms with E-state index in [1.807, 2.05) is 6.92 Å². The van der Waals surface area contributed by atoms with E-state index in [1.54, 1.807) is 24.3 Å². The van der Waals surface area contributed by atoms with Gasteiger partial charge in [0.15, 0.2) is 0 Å². The molecule has 0 saturated heterocycles. The number of rotatable bonds is 4. The van der Waals surface area contributed by atoms with Crippen LogP contribution in [0.2, 0.25) is 5.02 Å². The van der Waals surface area contributed by atoms with Gasteiger partial charge in [0, 0.05) is 11.4 Å². The Kier molecular flexibility index (Phi) is 4.37. The van der Waals surface area contributed by atoms with Gasteiger partial charge in [0.1, 0.15) is 0 Å². The molecule has 0 saturated carbocycles. The molecule has 0 fully saturated rings. The first-order valence-electron chi connectivity index (χ1n) is 4.66. The summed E-state index contributed by atoms with van der Waals surface area (Å²) in [5.74, 6) is -0.348. The fourth-order valence-corrected chi connectivity index (χ4v) is 1.21. The molecular formula is C12H13ClO2. The van der Waals surface area contributed by atoms with Crippen molar-refractivity contribution >= 4 is 17.6 Å². The van der Waals surface area contributed by atoms with E-state index < -0.39 is 0 Å². The Labute approximate surface area is 94.5 Å². The van der Waals surface area contributed by atoms with E-state index in [4.69, 9.17) is 16.3 Å². The predicted octanol–water partition coefficient (Wildman–Crippen LogP) is 3.46. The quantitative estimate of drug-likeness (QED) is 0.578. The van der Waals surface area contributed by atoms with Crippen molar-refractivity contribution in [1.29, 1.82) is 0 Å². The standard InChI is InChI=1S/C12H13ClO2/c1-9(2)6-7-15-12(14)10-4-3-5-11(13)8-10/h3-5,8H,1,6-7H2,2H3. The van der Waals surface area contributed by atoms with Gasteiger partial charge in [-0.1, -0.05) is 23.2 Å². The molecular weight excluding hydrogens is 212 g/mol. The molecule has 2 nitrogen and oxygen atoms in total. The third kappa shape index (κ3) is 4.17. The first-order chi connectivity index (χ1) is 7.09. The van der Waals surface area contributed by atoms with E-state index in [2.05, 4.69) is 6.58 Å². The zero-order valence-electron chi connectivity index (χ0n) is 8.63. The van der Waals surface area contributed by atoms with Gasteiger partial charge in [0.25, 0.3) is 0 Å². The Morgan fingerprint density at radius 3 is 2.87 bits per heavy atom. The highest BCUT2D eigenvalue weighted by molar-refractivity contribution is 6.30. The highest BCUT2D eigenvalue weighted by Gasteiger charge is 2.06. The molecule has 1 aromatic carbocycles. The number of carbonyl (C=O) groups is 1. The van der Waals surface area contributed by atoms with Crippen molar-refractivity contribution in [3.8, 4) is 0 Å². The molecule has 0 heterocycles. The van der Waals surface area contributed by atoms with Gasteiger partial charge < -0.3 is 4.74 Å². The summed E-state index contributed by atoms with van der Waals surface area (Å²) in [5, 5.41) is 0.532. The zero-order valence-corrected chi connectivity index (χ0v) is 9.38. The van der Waals surface area contributed by atoms with Crippen molar-refractivity contribution in [3.63, 3.8) is 0 Å². The summed E-state index contributed by atoms with van der Waals surface area (Å²) in [7, 11) is 0. The molecule has 0 aliphatic heterocycles. The molecule has 0 amide bonds. The van der Waals surface area contributed by atoms with Crippen LogP contribution in [0.3, 0.4) is 0 Å². The van der Waals surface area contributed by atoms with E-state index in [-0.39, 0.29) is 5.97 Å². The van der Waals surface area contributed by atoms with E-state index >= 15 is 0 Å². The van der Waals surface area contributed by atoms with Gasteiger partial charge in [-0.3, -0.25) is 0 Å². The second-order valence-corrected chi connectivity index (χ2v) is 3.79. The van der Waals surface area contributed by atoms with E-state index in [0.29, 0.717) is 23.6 Å². The van der Waals surface area contributed by atoms with Crippen LogP contribution < -0.4 is 0 Å². The summed E-state index contributed by atoms with van der Waals surface area (Å²) in [6.07, 6.45) is 0.687. The third-order valence-electron chi connectivity index (χ3n) is 1.82. The van der Waals surface area contributed by atoms with Gasteiger partial charge in [-0.15, -0.1) is 6.58 Å². The van der Waals surface area contributed by atoms with Gasteiger partial charge in [-0.2, -0.15) is 0 Å². The first-order valence-corrected chi connectivity index (χ1v) is 5.04. The van der Waals surface area contributed by atoms with Crippen molar-refractivity contribution in [2.45, 2.75) is 13.3 Å². The number of halogens is 1. The van der Waals surface area contributed by atoms with Crippen LogP contribution in [0.4, 0.5) is 0 Å². The van der Waals surface area contributed by atoms with Crippen molar-refractivity contribution in [2.75, 3.05) is 6.61 Å². The lowest BCUT2D eigenvalue weighted by Gasteiger charge is -2.04. The summed E-state index contributed by atoms with van der Waals surface area (Å²) in [6, 6.07) is 6.70. The second-order valence-electron chi connectivity index (χ2n) is 3.35. The van der Waals surface area contributed by atoms with Crippen LogP contribution in [-0.4, -0.2) is 12.6 Å². The maximum absolute atomic E-state index is 11.5. The van der Waals surface area contributed by atoms with E-state index in [9.17, 15) is 4.79 Å². The van der Waals surface area contributed by atoms with Crippen LogP contribution >= 0.6 is 11.6 Å². The van der Waals surface area contributed by atoms with Crippen molar-refractivity contribution in [1.82, 2.24) is 0 Å². The molecule has 0 atom stereocenters. The smallest absolute Gasteiger partial charge is 0.338 e. The van der Waals surface area contributed by atoms with Gasteiger partial charge in [-0.05, 0) is 25.1 Å². The SMILES string of the molecule is C=C(C)CCOC(=O)c1cccc(Cl)c1. The fourth-order valence-electron chi connectivity index (χ4n) is 1.02. The Hall–Kier alpha value is -1.28. The minimum Gasteiger partial charge on any atom is -0.462 e. The topological polar surface area (TPSA) is 26.3 Å². The maximum atomic E-state index is 11.5. The largest absolute Gasteiger partial charge is 0.462 e. The lowest BCUT2D eigenvalue weighted by Crippen LogP contribution is -2.06. The first kappa shape index (κ1) is 11.8. The highest BCUT2D eigenvalue weighted by Crippen LogP contribution is 2.11. The van der Waals surface area contributed by atoms with E-state index in [1.165, 1.54) is 0 Å². The van der Waals surface area contributed by atoms with Gasteiger partial charge in [0.2, 0.25) is 0 Å². The average molecular weight is 225 g/mol. The van der Waals surface area contributed by atoms with Gasteiger partial charge in [0.05, 0.1) is 12.2 Å². The lowest BCUT2D eigenvalue weighted by molar-refractivity contribution is 0.0509. The fraction of sp³-hybridized carbons (Fsp3) is 0.250. The summed E-state index contributed by atoms with van der Waals surface area (Å²) in [5.41, 5.74) is 1.47. The summed E-state index contributed by atoms with van der Waals surface area (Å²) in [4.78, 5) is 11.5. The maximum Gasteiger partial charge on any atom is 0.338 e. The summed E-state index contributed by atoms with van der Waals surface area (Å²) >= 11 is 5.75. The molecule has 0 unspecified atom stereocenters. The molecule has 0 spiro atoms. The van der Waals surface area contributed by atoms with Crippen LogP contribution in [0.25, 0.3) is 0 Å². The number of benzene rings is 1. The Morgan fingerprint density at radius 1 is 1.53 bits per heavy atom. The molecule has 0 aromatic heterocycles. The number of ether oxygens (including phenoxy) is 1. The molecule has 0 aliphatic carbocycles. The number of hydrogen-bond donors (Lipinski definition) is 0. The van der Waals surface area contributed by atoms with Crippen LogP contribution in [0, 0.1) is 0 Å². The third-order valence-corrected chi connectivity index (χ3v) is 2.06. The second kappa shape index (κ2) is 5.56. The Balaban J connectivity index is 2.50. The van der Waals surface area contributed by atoms with Crippen molar-refractivity contribution in [3.05, 3.63) is 47.0 Å². The molecule has 80 valence electrons. The monoisotopic (exact) mass is 224 g/mol. The minimum atomic E-state index is -0.348. The molecule has 0 bridgehead atoms. The lowest BCUT2D eigenvalue weighted by atomic mass is 10.2. The molecule has 0 radical (unpaired) electrons. The Morgan fingerprint density at radius 2 is 2.27 bits per heavy atom. The molecule has 3 heteroatoms. The number of esters is 1. The molecule has 15 heavy (non-hydrogen) atoms.